The average molecular weight is 428 g/mol. The molecule has 0 saturated carbocycles. The SMILES string of the molecule is Cc1noc(C)c1-c1ccc(Cc2cc([C@H]3C[C@@H](O)C[C@@H](CO)O3)ccc2Cl)cc1. The van der Waals surface area contributed by atoms with Crippen LogP contribution in [0.5, 0.6) is 0 Å². The molecule has 2 heterocycles. The van der Waals surface area contributed by atoms with Crippen molar-refractivity contribution in [1.82, 2.24) is 5.16 Å². The van der Waals surface area contributed by atoms with E-state index in [4.69, 9.17) is 20.9 Å². The summed E-state index contributed by atoms with van der Waals surface area (Å²) in [5, 5.41) is 24.3. The van der Waals surface area contributed by atoms with Crippen molar-refractivity contribution in [3.8, 4) is 11.1 Å². The maximum Gasteiger partial charge on any atom is 0.141 e. The van der Waals surface area contributed by atoms with Gasteiger partial charge in [0, 0.05) is 23.4 Å². The van der Waals surface area contributed by atoms with Crippen LogP contribution in [0, 0.1) is 13.8 Å². The number of hydrogen-bond donors (Lipinski definition) is 2. The largest absolute Gasteiger partial charge is 0.394 e. The molecule has 5 nitrogen and oxygen atoms in total. The molecule has 0 unspecified atom stereocenters. The fourth-order valence-corrected chi connectivity index (χ4v) is 4.34. The van der Waals surface area contributed by atoms with Gasteiger partial charge in [-0.3, -0.25) is 0 Å². The van der Waals surface area contributed by atoms with Gasteiger partial charge in [0.1, 0.15) is 5.76 Å². The van der Waals surface area contributed by atoms with E-state index in [1.54, 1.807) is 0 Å². The molecule has 3 aromatic rings. The van der Waals surface area contributed by atoms with Crippen LogP contribution in [-0.2, 0) is 11.2 Å². The lowest BCUT2D eigenvalue weighted by Crippen LogP contribution is -2.33. The van der Waals surface area contributed by atoms with E-state index >= 15 is 0 Å². The van der Waals surface area contributed by atoms with E-state index in [0.717, 1.165) is 39.3 Å². The Hall–Kier alpha value is -2.18. The van der Waals surface area contributed by atoms with Crippen molar-refractivity contribution in [3.05, 3.63) is 75.6 Å². The molecule has 0 aliphatic carbocycles. The summed E-state index contributed by atoms with van der Waals surface area (Å²) in [4.78, 5) is 0. The molecule has 1 aliphatic heterocycles. The Morgan fingerprint density at radius 3 is 2.53 bits per heavy atom. The van der Waals surface area contributed by atoms with Crippen molar-refractivity contribution in [2.24, 2.45) is 0 Å². The van der Waals surface area contributed by atoms with Crippen LogP contribution >= 0.6 is 11.6 Å². The zero-order valence-electron chi connectivity index (χ0n) is 17.1. The third kappa shape index (κ3) is 4.44. The monoisotopic (exact) mass is 427 g/mol. The zero-order chi connectivity index (χ0) is 21.3. The number of benzene rings is 2. The fraction of sp³-hybridized carbons (Fsp3) is 0.375. The van der Waals surface area contributed by atoms with Crippen LogP contribution < -0.4 is 0 Å². The quantitative estimate of drug-likeness (QED) is 0.613. The minimum atomic E-state index is -0.475. The van der Waals surface area contributed by atoms with Crippen LogP contribution in [0.2, 0.25) is 5.02 Å². The molecule has 1 fully saturated rings. The lowest BCUT2D eigenvalue weighted by molar-refractivity contribution is -0.113. The predicted molar refractivity (Wildman–Crippen MR) is 116 cm³/mol. The highest BCUT2D eigenvalue weighted by Gasteiger charge is 2.29. The van der Waals surface area contributed by atoms with Crippen molar-refractivity contribution in [2.75, 3.05) is 6.61 Å². The topological polar surface area (TPSA) is 75.7 Å². The molecule has 2 N–H and O–H groups in total. The number of hydrogen-bond acceptors (Lipinski definition) is 5. The third-order valence-electron chi connectivity index (χ3n) is 5.69. The molecule has 0 radical (unpaired) electrons. The van der Waals surface area contributed by atoms with Gasteiger partial charge in [-0.15, -0.1) is 0 Å². The molecule has 4 rings (SSSR count). The van der Waals surface area contributed by atoms with Crippen LogP contribution in [0.3, 0.4) is 0 Å². The molecular formula is C24H26ClNO4. The van der Waals surface area contributed by atoms with E-state index in [2.05, 4.69) is 29.4 Å². The van der Waals surface area contributed by atoms with Gasteiger partial charge in [-0.25, -0.2) is 0 Å². The Kier molecular flexibility index (Phi) is 6.25. The van der Waals surface area contributed by atoms with Gasteiger partial charge in [-0.05, 0) is 48.6 Å². The van der Waals surface area contributed by atoms with E-state index in [1.165, 1.54) is 0 Å². The smallest absolute Gasteiger partial charge is 0.141 e. The van der Waals surface area contributed by atoms with Gasteiger partial charge < -0.3 is 19.5 Å². The first-order chi connectivity index (χ1) is 14.4. The van der Waals surface area contributed by atoms with Gasteiger partial charge in [0.2, 0.25) is 0 Å². The first-order valence-electron chi connectivity index (χ1n) is 10.2. The normalized spacial score (nSPS) is 21.7. The number of halogens is 1. The molecule has 158 valence electrons. The Bertz CT molecular complexity index is 995. The van der Waals surface area contributed by atoms with E-state index in [-0.39, 0.29) is 18.8 Å². The molecule has 3 atom stereocenters. The molecule has 0 amide bonds. The van der Waals surface area contributed by atoms with Gasteiger partial charge >= 0.3 is 0 Å². The Balaban J connectivity index is 1.54. The Morgan fingerprint density at radius 1 is 1.10 bits per heavy atom. The maximum absolute atomic E-state index is 10.1. The summed E-state index contributed by atoms with van der Waals surface area (Å²) in [6.45, 7) is 3.77. The van der Waals surface area contributed by atoms with Crippen LogP contribution in [0.4, 0.5) is 0 Å². The summed E-state index contributed by atoms with van der Waals surface area (Å²) in [6.07, 6.45) is 0.609. The molecule has 1 aliphatic rings. The van der Waals surface area contributed by atoms with Crippen LogP contribution in [0.1, 0.15) is 47.1 Å². The summed E-state index contributed by atoms with van der Waals surface area (Å²) < 4.78 is 11.2. The number of aromatic nitrogens is 1. The van der Waals surface area contributed by atoms with Gasteiger partial charge in [0.25, 0.3) is 0 Å². The molecular weight excluding hydrogens is 402 g/mol. The van der Waals surface area contributed by atoms with E-state index in [0.29, 0.717) is 24.3 Å². The predicted octanol–water partition coefficient (Wildman–Crippen LogP) is 4.78. The first kappa shape index (κ1) is 21.1. The summed E-state index contributed by atoms with van der Waals surface area (Å²) in [5.74, 6) is 0.812. The molecule has 1 aromatic heterocycles. The zero-order valence-corrected chi connectivity index (χ0v) is 17.9. The minimum absolute atomic E-state index is 0.0918. The highest BCUT2D eigenvalue weighted by molar-refractivity contribution is 6.31. The van der Waals surface area contributed by atoms with E-state index < -0.39 is 6.10 Å². The molecule has 0 bridgehead atoms. The average Bonchev–Trinajstić information content (AvgIpc) is 3.08. The Labute approximate surface area is 181 Å². The van der Waals surface area contributed by atoms with Crippen molar-refractivity contribution in [3.63, 3.8) is 0 Å². The molecule has 30 heavy (non-hydrogen) atoms. The number of aliphatic hydroxyl groups excluding tert-OH is 2. The number of nitrogens with zero attached hydrogens (tertiary/aromatic N) is 1. The number of aliphatic hydroxyl groups is 2. The van der Waals surface area contributed by atoms with Crippen molar-refractivity contribution >= 4 is 11.6 Å². The second-order valence-corrected chi connectivity index (χ2v) is 8.39. The van der Waals surface area contributed by atoms with Gasteiger partial charge in [-0.2, -0.15) is 0 Å². The summed E-state index contributed by atoms with van der Waals surface area (Å²) in [7, 11) is 0. The number of aryl methyl sites for hydroxylation is 2. The highest BCUT2D eigenvalue weighted by Crippen LogP contribution is 2.34. The van der Waals surface area contributed by atoms with Crippen LogP contribution in [0.15, 0.2) is 47.0 Å². The number of rotatable bonds is 5. The first-order valence-corrected chi connectivity index (χ1v) is 10.6. The maximum atomic E-state index is 10.1. The summed E-state index contributed by atoms with van der Waals surface area (Å²) in [6, 6.07) is 14.2. The molecule has 2 aromatic carbocycles. The van der Waals surface area contributed by atoms with Crippen LogP contribution in [0.25, 0.3) is 11.1 Å². The Morgan fingerprint density at radius 2 is 1.87 bits per heavy atom. The van der Waals surface area contributed by atoms with Gasteiger partial charge in [-0.1, -0.05) is 53.2 Å². The second kappa shape index (κ2) is 8.90. The van der Waals surface area contributed by atoms with Gasteiger partial charge in [0.05, 0.1) is 30.6 Å². The van der Waals surface area contributed by atoms with E-state index in [9.17, 15) is 10.2 Å². The molecule has 1 saturated heterocycles. The summed E-state index contributed by atoms with van der Waals surface area (Å²) >= 11 is 6.47. The van der Waals surface area contributed by atoms with Crippen LogP contribution in [-0.4, -0.2) is 34.2 Å². The molecule has 0 spiro atoms. The van der Waals surface area contributed by atoms with E-state index in [1.807, 2.05) is 32.0 Å². The van der Waals surface area contributed by atoms with Crippen molar-refractivity contribution in [1.29, 1.82) is 0 Å². The third-order valence-corrected chi connectivity index (χ3v) is 6.06. The van der Waals surface area contributed by atoms with Crippen molar-refractivity contribution < 1.29 is 19.5 Å². The summed E-state index contributed by atoms with van der Waals surface area (Å²) in [5.41, 5.74) is 6.11. The minimum Gasteiger partial charge on any atom is -0.394 e. The molecule has 6 heteroatoms. The standard InChI is InChI=1S/C24H26ClNO4/c1-14-24(15(2)30-26-14)17-5-3-16(4-6-17)9-19-10-18(7-8-22(19)25)23-12-20(28)11-21(13-27)29-23/h3-8,10,20-21,23,27-28H,9,11-13H2,1-2H3/t20-,21-,23+/m0/s1. The van der Waals surface area contributed by atoms with Crippen molar-refractivity contribution in [2.45, 2.75) is 51.4 Å². The van der Waals surface area contributed by atoms with Gasteiger partial charge in [0.15, 0.2) is 0 Å². The number of ether oxygens (including phenoxy) is 1. The lowest BCUT2D eigenvalue weighted by atomic mass is 9.93. The second-order valence-electron chi connectivity index (χ2n) is 7.98. The highest BCUT2D eigenvalue weighted by atomic mass is 35.5. The lowest BCUT2D eigenvalue weighted by Gasteiger charge is -2.32. The fourth-order valence-electron chi connectivity index (χ4n) is 4.16.